The van der Waals surface area contributed by atoms with Gasteiger partial charge in [-0.2, -0.15) is 18.4 Å². The normalized spacial score (nSPS) is 23.6. The quantitative estimate of drug-likeness (QED) is 0.862. The molecule has 0 unspecified atom stereocenters. The van der Waals surface area contributed by atoms with Crippen LogP contribution in [-0.4, -0.2) is 22.2 Å². The second-order valence-corrected chi connectivity index (χ2v) is 3.95. The zero-order chi connectivity index (χ0) is 12.5. The van der Waals surface area contributed by atoms with Crippen molar-refractivity contribution in [2.24, 2.45) is 5.92 Å². The number of alkyl halides is 3. The third-order valence-electron chi connectivity index (χ3n) is 2.72. The Morgan fingerprint density at radius 3 is 2.47 bits per heavy atom. The average Bonchev–Trinajstić information content (AvgIpc) is 2.22. The van der Waals surface area contributed by atoms with Gasteiger partial charge >= 0.3 is 6.18 Å². The summed E-state index contributed by atoms with van der Waals surface area (Å²) in [6.07, 6.45) is -1.35. The molecule has 0 spiro atoms. The van der Waals surface area contributed by atoms with E-state index in [4.69, 9.17) is 5.26 Å². The number of rotatable bonds is 2. The van der Waals surface area contributed by atoms with E-state index in [9.17, 15) is 13.2 Å². The highest BCUT2D eigenvalue weighted by Crippen LogP contribution is 2.41. The van der Waals surface area contributed by atoms with Gasteiger partial charge in [0.15, 0.2) is 5.69 Å². The van der Waals surface area contributed by atoms with Crippen molar-refractivity contribution in [3.8, 4) is 6.07 Å². The molecule has 0 amide bonds. The maximum Gasteiger partial charge on any atom is 0.391 e. The molecular weight excluding hydrogens is 233 g/mol. The van der Waals surface area contributed by atoms with Gasteiger partial charge in [0.1, 0.15) is 11.9 Å². The Kier molecular flexibility index (Phi) is 2.88. The van der Waals surface area contributed by atoms with E-state index in [1.165, 1.54) is 12.4 Å². The maximum atomic E-state index is 12.2. The Labute approximate surface area is 95.5 Å². The number of nitrogens with zero attached hydrogens (tertiary/aromatic N) is 3. The summed E-state index contributed by atoms with van der Waals surface area (Å²) in [5, 5.41) is 11.3. The highest BCUT2D eigenvalue weighted by Gasteiger charge is 2.47. The van der Waals surface area contributed by atoms with Gasteiger partial charge in [-0.25, -0.2) is 9.97 Å². The lowest BCUT2D eigenvalue weighted by Gasteiger charge is -2.37. The van der Waals surface area contributed by atoms with Crippen molar-refractivity contribution >= 4 is 5.82 Å². The predicted octanol–water partition coefficient (Wildman–Crippen LogP) is 2.10. The van der Waals surface area contributed by atoms with Gasteiger partial charge < -0.3 is 5.32 Å². The third-order valence-corrected chi connectivity index (χ3v) is 2.72. The Balaban J connectivity index is 1.86. The standard InChI is InChI=1S/C10H9F3N4/c11-10(12,13)6-1-7(2-6)17-9-5-15-8(3-14)4-16-9/h4-7H,1-2H2,(H,16,17). The van der Waals surface area contributed by atoms with Crippen LogP contribution in [0.3, 0.4) is 0 Å². The highest BCUT2D eigenvalue weighted by molar-refractivity contribution is 5.35. The Morgan fingerprint density at radius 2 is 2.00 bits per heavy atom. The van der Waals surface area contributed by atoms with Gasteiger partial charge in [0, 0.05) is 6.04 Å². The minimum Gasteiger partial charge on any atom is -0.366 e. The lowest BCUT2D eigenvalue weighted by atomic mass is 9.80. The molecule has 0 aromatic carbocycles. The summed E-state index contributed by atoms with van der Waals surface area (Å²) < 4.78 is 36.7. The summed E-state index contributed by atoms with van der Waals surface area (Å²) in [6.45, 7) is 0. The van der Waals surface area contributed by atoms with Crippen LogP contribution in [0.1, 0.15) is 18.5 Å². The van der Waals surface area contributed by atoms with Crippen molar-refractivity contribution in [3.05, 3.63) is 18.1 Å². The van der Waals surface area contributed by atoms with Crippen molar-refractivity contribution in [3.63, 3.8) is 0 Å². The van der Waals surface area contributed by atoms with Crippen LogP contribution < -0.4 is 5.32 Å². The molecule has 7 heteroatoms. The van der Waals surface area contributed by atoms with Crippen molar-refractivity contribution in [2.45, 2.75) is 25.1 Å². The second-order valence-electron chi connectivity index (χ2n) is 3.95. The molecule has 1 aliphatic carbocycles. The van der Waals surface area contributed by atoms with E-state index in [-0.39, 0.29) is 24.6 Å². The molecule has 17 heavy (non-hydrogen) atoms. The van der Waals surface area contributed by atoms with Gasteiger partial charge in [-0.05, 0) is 12.8 Å². The monoisotopic (exact) mass is 242 g/mol. The number of nitrogens with one attached hydrogen (secondary N) is 1. The Hall–Kier alpha value is -1.84. The van der Waals surface area contributed by atoms with Gasteiger partial charge in [-0.3, -0.25) is 0 Å². The molecule has 1 fully saturated rings. The van der Waals surface area contributed by atoms with Crippen LogP contribution in [0.5, 0.6) is 0 Å². The second kappa shape index (κ2) is 4.20. The van der Waals surface area contributed by atoms with Crippen LogP contribution in [0, 0.1) is 17.2 Å². The molecule has 0 radical (unpaired) electrons. The predicted molar refractivity (Wildman–Crippen MR) is 52.9 cm³/mol. The van der Waals surface area contributed by atoms with Gasteiger partial charge in [-0.1, -0.05) is 0 Å². The van der Waals surface area contributed by atoms with Crippen LogP contribution in [0.15, 0.2) is 12.4 Å². The molecule has 1 aromatic heterocycles. The number of aromatic nitrogens is 2. The van der Waals surface area contributed by atoms with Gasteiger partial charge in [0.05, 0.1) is 18.3 Å². The summed E-state index contributed by atoms with van der Waals surface area (Å²) >= 11 is 0. The maximum absolute atomic E-state index is 12.2. The Bertz CT molecular complexity index is 428. The van der Waals surface area contributed by atoms with E-state index < -0.39 is 12.1 Å². The molecule has 1 saturated carbocycles. The first-order valence-corrected chi connectivity index (χ1v) is 5.04. The molecule has 1 aliphatic rings. The summed E-state index contributed by atoms with van der Waals surface area (Å²) in [4.78, 5) is 7.65. The molecule has 1 heterocycles. The van der Waals surface area contributed by atoms with Crippen LogP contribution >= 0.6 is 0 Å². The van der Waals surface area contributed by atoms with Crippen molar-refractivity contribution in [2.75, 3.05) is 5.32 Å². The van der Waals surface area contributed by atoms with Crippen LogP contribution in [0.4, 0.5) is 19.0 Å². The summed E-state index contributed by atoms with van der Waals surface area (Å²) in [6, 6.07) is 1.59. The van der Waals surface area contributed by atoms with E-state index >= 15 is 0 Å². The minimum atomic E-state index is -4.10. The zero-order valence-electron chi connectivity index (χ0n) is 8.70. The topological polar surface area (TPSA) is 61.6 Å². The molecule has 0 aliphatic heterocycles. The fourth-order valence-electron chi connectivity index (χ4n) is 1.67. The first-order valence-electron chi connectivity index (χ1n) is 5.04. The van der Waals surface area contributed by atoms with Crippen molar-refractivity contribution < 1.29 is 13.2 Å². The van der Waals surface area contributed by atoms with Gasteiger partial charge in [0.25, 0.3) is 0 Å². The fraction of sp³-hybridized carbons (Fsp3) is 0.500. The van der Waals surface area contributed by atoms with Gasteiger partial charge in [-0.15, -0.1) is 0 Å². The molecule has 2 rings (SSSR count). The van der Waals surface area contributed by atoms with Crippen LogP contribution in [0.25, 0.3) is 0 Å². The summed E-state index contributed by atoms with van der Waals surface area (Å²) in [5.41, 5.74) is 0.178. The van der Waals surface area contributed by atoms with E-state index in [0.29, 0.717) is 5.82 Å². The summed E-state index contributed by atoms with van der Waals surface area (Å²) in [5.74, 6) is -0.819. The number of anilines is 1. The van der Waals surface area contributed by atoms with Gasteiger partial charge in [0.2, 0.25) is 0 Å². The molecule has 90 valence electrons. The molecular formula is C10H9F3N4. The van der Waals surface area contributed by atoms with E-state index in [2.05, 4.69) is 15.3 Å². The first-order chi connectivity index (χ1) is 7.99. The van der Waals surface area contributed by atoms with E-state index in [1.807, 2.05) is 6.07 Å². The largest absolute Gasteiger partial charge is 0.391 e. The molecule has 0 saturated heterocycles. The number of hydrogen-bond donors (Lipinski definition) is 1. The lowest BCUT2D eigenvalue weighted by Crippen LogP contribution is -2.43. The molecule has 1 aromatic rings. The van der Waals surface area contributed by atoms with E-state index in [0.717, 1.165) is 0 Å². The first kappa shape index (κ1) is 11.6. The van der Waals surface area contributed by atoms with Crippen LogP contribution in [0.2, 0.25) is 0 Å². The molecule has 4 nitrogen and oxygen atoms in total. The lowest BCUT2D eigenvalue weighted by molar-refractivity contribution is -0.195. The highest BCUT2D eigenvalue weighted by atomic mass is 19.4. The average molecular weight is 242 g/mol. The minimum absolute atomic E-state index is 0.0607. The summed E-state index contributed by atoms with van der Waals surface area (Å²) in [7, 11) is 0. The zero-order valence-corrected chi connectivity index (χ0v) is 8.70. The third kappa shape index (κ3) is 2.64. The number of hydrogen-bond acceptors (Lipinski definition) is 4. The van der Waals surface area contributed by atoms with Crippen molar-refractivity contribution in [1.82, 2.24) is 9.97 Å². The van der Waals surface area contributed by atoms with Crippen LogP contribution in [-0.2, 0) is 0 Å². The fourth-order valence-corrected chi connectivity index (χ4v) is 1.67. The molecule has 1 N–H and O–H groups in total. The molecule has 0 atom stereocenters. The van der Waals surface area contributed by atoms with E-state index in [1.54, 1.807) is 0 Å². The Morgan fingerprint density at radius 1 is 1.29 bits per heavy atom. The SMILES string of the molecule is N#Cc1cnc(NC2CC(C(F)(F)F)C2)cn1. The number of nitriles is 1. The smallest absolute Gasteiger partial charge is 0.366 e. The number of halogens is 3. The molecule has 0 bridgehead atoms. The van der Waals surface area contributed by atoms with Crippen molar-refractivity contribution in [1.29, 1.82) is 5.26 Å².